The molecule has 1 aromatic rings. The standard InChI is InChI=1S/C12H14N2S2/c1-14-9(5-6-13)8-16-12-7-10(15-2)3-4-11(12)14/h3-4,7,9H,5,8H2,1-2H3. The Bertz CT molecular complexity index is 426. The summed E-state index contributed by atoms with van der Waals surface area (Å²) in [5.41, 5.74) is 1.26. The summed E-state index contributed by atoms with van der Waals surface area (Å²) >= 11 is 3.63. The average Bonchev–Trinajstić information content (AvgIpc) is 2.32. The van der Waals surface area contributed by atoms with E-state index in [0.29, 0.717) is 12.5 Å². The van der Waals surface area contributed by atoms with Crippen LogP contribution in [0.1, 0.15) is 6.42 Å². The van der Waals surface area contributed by atoms with Gasteiger partial charge >= 0.3 is 0 Å². The second kappa shape index (κ2) is 5.03. The van der Waals surface area contributed by atoms with Gasteiger partial charge in [0.2, 0.25) is 0 Å². The molecule has 0 N–H and O–H groups in total. The highest BCUT2D eigenvalue weighted by molar-refractivity contribution is 8.00. The topological polar surface area (TPSA) is 27.0 Å². The first kappa shape index (κ1) is 11.7. The zero-order valence-corrected chi connectivity index (χ0v) is 11.1. The summed E-state index contributed by atoms with van der Waals surface area (Å²) in [4.78, 5) is 4.88. The van der Waals surface area contributed by atoms with Crippen LogP contribution in [-0.2, 0) is 0 Å². The van der Waals surface area contributed by atoms with Crippen LogP contribution in [0, 0.1) is 11.3 Å². The molecule has 1 atom stereocenters. The van der Waals surface area contributed by atoms with E-state index in [1.807, 2.05) is 11.8 Å². The van der Waals surface area contributed by atoms with Gasteiger partial charge in [-0.05, 0) is 24.5 Å². The molecule has 1 aliphatic rings. The second-order valence-corrected chi connectivity index (χ2v) is 5.71. The fraction of sp³-hybridized carbons (Fsp3) is 0.417. The molecule has 2 nitrogen and oxygen atoms in total. The molecular weight excluding hydrogens is 236 g/mol. The van der Waals surface area contributed by atoms with Crippen LogP contribution >= 0.6 is 23.5 Å². The lowest BCUT2D eigenvalue weighted by molar-refractivity contribution is 0.697. The average molecular weight is 250 g/mol. The zero-order chi connectivity index (χ0) is 11.5. The first-order valence-electron chi connectivity index (χ1n) is 5.17. The summed E-state index contributed by atoms with van der Waals surface area (Å²) in [7, 11) is 2.08. The summed E-state index contributed by atoms with van der Waals surface area (Å²) in [5, 5.41) is 8.78. The van der Waals surface area contributed by atoms with Gasteiger partial charge < -0.3 is 4.90 Å². The van der Waals surface area contributed by atoms with Crippen molar-refractivity contribution in [3.05, 3.63) is 18.2 Å². The molecule has 1 aromatic carbocycles. The minimum Gasteiger partial charge on any atom is -0.369 e. The van der Waals surface area contributed by atoms with Gasteiger partial charge in [-0.1, -0.05) is 0 Å². The molecule has 1 unspecified atom stereocenters. The molecule has 0 aromatic heterocycles. The third-order valence-electron chi connectivity index (χ3n) is 2.85. The lowest BCUT2D eigenvalue weighted by atomic mass is 10.2. The molecule has 84 valence electrons. The Morgan fingerprint density at radius 3 is 3.12 bits per heavy atom. The summed E-state index contributed by atoms with van der Waals surface area (Å²) < 4.78 is 0. The van der Waals surface area contributed by atoms with Crippen molar-refractivity contribution in [3.63, 3.8) is 0 Å². The van der Waals surface area contributed by atoms with E-state index in [9.17, 15) is 0 Å². The van der Waals surface area contributed by atoms with Crippen LogP contribution in [0.3, 0.4) is 0 Å². The highest BCUT2D eigenvalue weighted by atomic mass is 32.2. The lowest BCUT2D eigenvalue weighted by Gasteiger charge is -2.34. The first-order chi connectivity index (χ1) is 7.76. The van der Waals surface area contributed by atoms with E-state index in [1.165, 1.54) is 15.5 Å². The molecule has 1 aliphatic heterocycles. The molecule has 4 heteroatoms. The first-order valence-corrected chi connectivity index (χ1v) is 7.38. The molecule has 0 saturated heterocycles. The molecule has 0 amide bonds. The van der Waals surface area contributed by atoms with E-state index in [0.717, 1.165) is 5.75 Å². The van der Waals surface area contributed by atoms with Crippen LogP contribution < -0.4 is 4.90 Å². The van der Waals surface area contributed by atoms with Gasteiger partial charge in [-0.15, -0.1) is 23.5 Å². The van der Waals surface area contributed by atoms with Crippen molar-refractivity contribution >= 4 is 29.2 Å². The molecule has 16 heavy (non-hydrogen) atoms. The Labute approximate surface area is 105 Å². The molecule has 0 radical (unpaired) electrons. The van der Waals surface area contributed by atoms with Gasteiger partial charge in [0.1, 0.15) is 0 Å². The maximum atomic E-state index is 8.78. The van der Waals surface area contributed by atoms with Gasteiger partial charge in [-0.3, -0.25) is 0 Å². The third kappa shape index (κ3) is 2.16. The van der Waals surface area contributed by atoms with Crippen molar-refractivity contribution < 1.29 is 0 Å². The molecule has 1 heterocycles. The number of rotatable bonds is 2. The van der Waals surface area contributed by atoms with Crippen LogP contribution in [0.15, 0.2) is 28.0 Å². The monoisotopic (exact) mass is 250 g/mol. The SMILES string of the molecule is CSc1ccc2c(c1)SCC(CC#N)N2C. The van der Waals surface area contributed by atoms with Gasteiger partial charge in [0.25, 0.3) is 0 Å². The molecule has 2 rings (SSSR count). The van der Waals surface area contributed by atoms with E-state index < -0.39 is 0 Å². The molecule has 0 fully saturated rings. The van der Waals surface area contributed by atoms with E-state index in [2.05, 4.69) is 42.5 Å². The number of nitrogens with zero attached hydrogens (tertiary/aromatic N) is 2. The quantitative estimate of drug-likeness (QED) is 0.753. The van der Waals surface area contributed by atoms with Crippen LogP contribution in [0.2, 0.25) is 0 Å². The van der Waals surface area contributed by atoms with Crippen molar-refractivity contribution in [2.24, 2.45) is 0 Å². The smallest absolute Gasteiger partial charge is 0.0643 e. The summed E-state index contributed by atoms with van der Waals surface area (Å²) in [6.45, 7) is 0. The molecular formula is C12H14N2S2. The summed E-state index contributed by atoms with van der Waals surface area (Å²) in [6, 6.07) is 9.16. The van der Waals surface area contributed by atoms with Crippen molar-refractivity contribution in [1.29, 1.82) is 5.26 Å². The molecule has 0 saturated carbocycles. The van der Waals surface area contributed by atoms with Crippen LogP contribution in [0.4, 0.5) is 5.69 Å². The maximum absolute atomic E-state index is 8.78. The van der Waals surface area contributed by atoms with E-state index in [4.69, 9.17) is 5.26 Å². The molecule has 0 aliphatic carbocycles. The summed E-state index contributed by atoms with van der Waals surface area (Å²) in [5.74, 6) is 1.01. The van der Waals surface area contributed by atoms with Crippen molar-refractivity contribution in [2.45, 2.75) is 22.3 Å². The molecule has 0 spiro atoms. The Kier molecular flexibility index (Phi) is 3.67. The fourth-order valence-corrected chi connectivity index (χ4v) is 3.62. The van der Waals surface area contributed by atoms with Crippen molar-refractivity contribution in [2.75, 3.05) is 24.0 Å². The number of hydrogen-bond donors (Lipinski definition) is 0. The highest BCUT2D eigenvalue weighted by Crippen LogP contribution is 2.39. The Morgan fingerprint density at radius 1 is 1.62 bits per heavy atom. The van der Waals surface area contributed by atoms with E-state index in [-0.39, 0.29) is 0 Å². The Morgan fingerprint density at radius 2 is 2.44 bits per heavy atom. The second-order valence-electron chi connectivity index (χ2n) is 3.77. The number of anilines is 1. The third-order valence-corrected chi connectivity index (χ3v) is 4.77. The number of benzene rings is 1. The highest BCUT2D eigenvalue weighted by Gasteiger charge is 2.23. The van der Waals surface area contributed by atoms with E-state index >= 15 is 0 Å². The number of nitriles is 1. The van der Waals surface area contributed by atoms with Crippen molar-refractivity contribution in [3.8, 4) is 6.07 Å². The minimum atomic E-state index is 0.350. The van der Waals surface area contributed by atoms with Crippen LogP contribution in [0.25, 0.3) is 0 Å². The van der Waals surface area contributed by atoms with Gasteiger partial charge in [-0.25, -0.2) is 0 Å². The van der Waals surface area contributed by atoms with Gasteiger partial charge in [0.15, 0.2) is 0 Å². The van der Waals surface area contributed by atoms with Gasteiger partial charge in [-0.2, -0.15) is 5.26 Å². The zero-order valence-electron chi connectivity index (χ0n) is 9.43. The van der Waals surface area contributed by atoms with Crippen LogP contribution in [-0.4, -0.2) is 25.1 Å². The minimum absolute atomic E-state index is 0.350. The van der Waals surface area contributed by atoms with Crippen LogP contribution in [0.5, 0.6) is 0 Å². The normalized spacial score (nSPS) is 19.1. The fourth-order valence-electron chi connectivity index (χ4n) is 1.82. The summed E-state index contributed by atoms with van der Waals surface area (Å²) in [6.07, 6.45) is 2.70. The Balaban J connectivity index is 2.28. The van der Waals surface area contributed by atoms with Gasteiger partial charge in [0, 0.05) is 22.6 Å². The van der Waals surface area contributed by atoms with Gasteiger partial charge in [0.05, 0.1) is 24.2 Å². The number of thioether (sulfide) groups is 2. The van der Waals surface area contributed by atoms with E-state index in [1.54, 1.807) is 11.8 Å². The number of fused-ring (bicyclic) bond motifs is 1. The lowest BCUT2D eigenvalue weighted by Crippen LogP contribution is -2.36. The predicted octanol–water partition coefficient (Wildman–Crippen LogP) is 3.23. The maximum Gasteiger partial charge on any atom is 0.0643 e. The van der Waals surface area contributed by atoms with Crippen molar-refractivity contribution in [1.82, 2.24) is 0 Å². The Hall–Kier alpha value is -0.790. The number of hydrogen-bond acceptors (Lipinski definition) is 4. The predicted molar refractivity (Wildman–Crippen MR) is 71.4 cm³/mol. The molecule has 0 bridgehead atoms. The largest absolute Gasteiger partial charge is 0.369 e.